The number of hydrogen-bond acceptors (Lipinski definition) is 2. The topological polar surface area (TPSA) is 40.6 Å². The fourth-order valence-corrected chi connectivity index (χ4v) is 3.52. The van der Waals surface area contributed by atoms with Gasteiger partial charge in [0.05, 0.1) is 5.92 Å². The lowest BCUT2D eigenvalue weighted by Gasteiger charge is -2.21. The molecule has 1 saturated heterocycles. The molecule has 0 aromatic heterocycles. The summed E-state index contributed by atoms with van der Waals surface area (Å²) < 4.78 is 0. The molecule has 2 aliphatic rings. The van der Waals surface area contributed by atoms with Crippen molar-refractivity contribution >= 4 is 23.2 Å². The van der Waals surface area contributed by atoms with Crippen molar-refractivity contribution in [1.29, 1.82) is 0 Å². The summed E-state index contributed by atoms with van der Waals surface area (Å²) in [5, 5.41) is 0. The van der Waals surface area contributed by atoms with Crippen LogP contribution in [0.25, 0.3) is 0 Å². The second-order valence-corrected chi connectivity index (χ2v) is 6.11. The number of benzene rings is 2. The molecule has 0 aliphatic carbocycles. The van der Waals surface area contributed by atoms with Gasteiger partial charge in [0, 0.05) is 30.9 Å². The van der Waals surface area contributed by atoms with E-state index in [4.69, 9.17) is 0 Å². The molecule has 116 valence electrons. The highest BCUT2D eigenvalue weighted by atomic mass is 16.2. The molecule has 1 fully saturated rings. The summed E-state index contributed by atoms with van der Waals surface area (Å²) in [4.78, 5) is 28.8. The Hall–Kier alpha value is -2.62. The van der Waals surface area contributed by atoms with Crippen LogP contribution in [0.15, 0.2) is 54.6 Å². The summed E-state index contributed by atoms with van der Waals surface area (Å²) in [6, 6.07) is 17.6. The van der Waals surface area contributed by atoms with E-state index in [-0.39, 0.29) is 17.7 Å². The molecule has 0 saturated carbocycles. The minimum Gasteiger partial charge on any atom is -0.312 e. The molecule has 4 rings (SSSR count). The molecule has 1 atom stereocenters. The lowest BCUT2D eigenvalue weighted by molar-refractivity contribution is -0.124. The predicted octanol–water partition coefficient (Wildman–Crippen LogP) is 2.63. The van der Waals surface area contributed by atoms with E-state index < -0.39 is 0 Å². The first-order chi connectivity index (χ1) is 11.2. The van der Waals surface area contributed by atoms with E-state index in [1.54, 1.807) is 4.90 Å². The minimum absolute atomic E-state index is 0.0297. The van der Waals surface area contributed by atoms with Gasteiger partial charge in [-0.05, 0) is 30.2 Å². The van der Waals surface area contributed by atoms with Crippen molar-refractivity contribution in [2.75, 3.05) is 22.9 Å². The molecule has 2 aliphatic heterocycles. The monoisotopic (exact) mass is 306 g/mol. The third-order valence-electron chi connectivity index (χ3n) is 4.70. The Balaban J connectivity index is 1.54. The van der Waals surface area contributed by atoms with Gasteiger partial charge in [0.1, 0.15) is 0 Å². The van der Waals surface area contributed by atoms with Crippen LogP contribution in [-0.2, 0) is 16.0 Å². The van der Waals surface area contributed by atoms with Crippen molar-refractivity contribution in [3.05, 3.63) is 60.2 Å². The van der Waals surface area contributed by atoms with Crippen molar-refractivity contribution in [2.45, 2.75) is 12.8 Å². The molecular formula is C19H18N2O2. The maximum atomic E-state index is 12.9. The van der Waals surface area contributed by atoms with Crippen LogP contribution in [0, 0.1) is 5.92 Å². The number of carbonyl (C=O) groups excluding carboxylic acids is 2. The van der Waals surface area contributed by atoms with Crippen LogP contribution in [0.1, 0.15) is 12.0 Å². The first-order valence-electron chi connectivity index (χ1n) is 7.99. The average Bonchev–Trinajstić information content (AvgIpc) is 3.19. The standard InChI is InChI=1S/C19H18N2O2/c22-18-12-15(13-21(18)16-7-2-1-3-8-16)19(23)20-11-10-14-6-4-5-9-17(14)20/h1-9,15H,10-13H2/t15-/m1/s1. The van der Waals surface area contributed by atoms with Crippen LogP contribution in [-0.4, -0.2) is 24.9 Å². The van der Waals surface area contributed by atoms with E-state index in [0.717, 1.165) is 17.8 Å². The summed E-state index contributed by atoms with van der Waals surface area (Å²) in [7, 11) is 0. The van der Waals surface area contributed by atoms with E-state index in [1.165, 1.54) is 5.56 Å². The van der Waals surface area contributed by atoms with Gasteiger partial charge in [-0.15, -0.1) is 0 Å². The number of carbonyl (C=O) groups is 2. The van der Waals surface area contributed by atoms with Gasteiger partial charge in [0.15, 0.2) is 0 Å². The van der Waals surface area contributed by atoms with Crippen molar-refractivity contribution < 1.29 is 9.59 Å². The van der Waals surface area contributed by atoms with Crippen LogP contribution in [0.4, 0.5) is 11.4 Å². The van der Waals surface area contributed by atoms with E-state index in [2.05, 4.69) is 6.07 Å². The molecular weight excluding hydrogens is 288 g/mol. The van der Waals surface area contributed by atoms with Gasteiger partial charge in [-0.3, -0.25) is 9.59 Å². The Kier molecular flexibility index (Phi) is 3.37. The van der Waals surface area contributed by atoms with Gasteiger partial charge in [-0.1, -0.05) is 36.4 Å². The quantitative estimate of drug-likeness (QED) is 0.856. The zero-order valence-electron chi connectivity index (χ0n) is 12.8. The molecule has 4 nitrogen and oxygen atoms in total. The number of nitrogens with zero attached hydrogens (tertiary/aromatic N) is 2. The number of rotatable bonds is 2. The largest absolute Gasteiger partial charge is 0.312 e. The van der Waals surface area contributed by atoms with Gasteiger partial charge >= 0.3 is 0 Å². The van der Waals surface area contributed by atoms with Crippen LogP contribution in [0.5, 0.6) is 0 Å². The molecule has 2 aromatic rings. The van der Waals surface area contributed by atoms with Crippen LogP contribution in [0.3, 0.4) is 0 Å². The Morgan fingerprint density at radius 2 is 1.74 bits per heavy atom. The molecule has 23 heavy (non-hydrogen) atoms. The predicted molar refractivity (Wildman–Crippen MR) is 89.4 cm³/mol. The lowest BCUT2D eigenvalue weighted by Crippen LogP contribution is -2.36. The molecule has 0 spiro atoms. The minimum atomic E-state index is -0.256. The molecule has 4 heteroatoms. The average molecular weight is 306 g/mol. The summed E-state index contributed by atoms with van der Waals surface area (Å²) in [5.74, 6) is -0.155. The highest BCUT2D eigenvalue weighted by Gasteiger charge is 2.38. The molecule has 2 heterocycles. The molecule has 2 amide bonds. The van der Waals surface area contributed by atoms with E-state index >= 15 is 0 Å². The van der Waals surface area contributed by atoms with Crippen LogP contribution in [0.2, 0.25) is 0 Å². The SMILES string of the molecule is O=C1C[C@@H](C(=O)N2CCc3ccccc32)CN1c1ccccc1. The molecule has 2 aromatic carbocycles. The van der Waals surface area contributed by atoms with E-state index in [9.17, 15) is 9.59 Å². The second kappa shape index (κ2) is 5.54. The summed E-state index contributed by atoms with van der Waals surface area (Å²) in [5.41, 5.74) is 3.09. The van der Waals surface area contributed by atoms with Crippen molar-refractivity contribution in [3.63, 3.8) is 0 Å². The van der Waals surface area contributed by atoms with Crippen LogP contribution >= 0.6 is 0 Å². The highest BCUT2D eigenvalue weighted by molar-refractivity contribution is 6.05. The maximum absolute atomic E-state index is 12.9. The fourth-order valence-electron chi connectivity index (χ4n) is 3.52. The first kappa shape index (κ1) is 14.0. The molecule has 0 bridgehead atoms. The van der Waals surface area contributed by atoms with Gasteiger partial charge < -0.3 is 9.80 Å². The molecule has 0 radical (unpaired) electrons. The second-order valence-electron chi connectivity index (χ2n) is 6.11. The zero-order valence-corrected chi connectivity index (χ0v) is 12.8. The summed E-state index contributed by atoms with van der Waals surface area (Å²) in [6.07, 6.45) is 1.19. The Labute approximate surface area is 135 Å². The maximum Gasteiger partial charge on any atom is 0.232 e. The lowest BCUT2D eigenvalue weighted by atomic mass is 10.1. The van der Waals surface area contributed by atoms with Crippen LogP contribution < -0.4 is 9.80 Å². The Morgan fingerprint density at radius 3 is 2.57 bits per heavy atom. The van der Waals surface area contributed by atoms with Gasteiger partial charge in [-0.2, -0.15) is 0 Å². The smallest absolute Gasteiger partial charge is 0.232 e. The van der Waals surface area contributed by atoms with Gasteiger partial charge in [-0.25, -0.2) is 0 Å². The highest BCUT2D eigenvalue weighted by Crippen LogP contribution is 2.32. The first-order valence-corrected chi connectivity index (χ1v) is 7.99. The van der Waals surface area contributed by atoms with Gasteiger partial charge in [0.25, 0.3) is 0 Å². The Bertz CT molecular complexity index is 757. The van der Waals surface area contributed by atoms with Crippen molar-refractivity contribution in [1.82, 2.24) is 0 Å². The number of fused-ring (bicyclic) bond motifs is 1. The number of anilines is 2. The zero-order chi connectivity index (χ0) is 15.8. The fraction of sp³-hybridized carbons (Fsp3) is 0.263. The normalized spacial score (nSPS) is 20.0. The molecule has 0 unspecified atom stereocenters. The number of para-hydroxylation sites is 2. The van der Waals surface area contributed by atoms with E-state index in [1.807, 2.05) is 53.4 Å². The number of hydrogen-bond donors (Lipinski definition) is 0. The molecule has 0 N–H and O–H groups in total. The Morgan fingerprint density at radius 1 is 1.00 bits per heavy atom. The summed E-state index contributed by atoms with van der Waals surface area (Å²) in [6.45, 7) is 1.19. The third-order valence-corrected chi connectivity index (χ3v) is 4.70. The van der Waals surface area contributed by atoms with Gasteiger partial charge in [0.2, 0.25) is 11.8 Å². The van der Waals surface area contributed by atoms with Crippen molar-refractivity contribution in [3.8, 4) is 0 Å². The third kappa shape index (κ3) is 2.40. The number of amides is 2. The van der Waals surface area contributed by atoms with Crippen molar-refractivity contribution in [2.24, 2.45) is 5.92 Å². The summed E-state index contributed by atoms with van der Waals surface area (Å²) >= 11 is 0. The van der Waals surface area contributed by atoms with E-state index in [0.29, 0.717) is 19.5 Å².